The Labute approximate surface area is 97.4 Å². The zero-order chi connectivity index (χ0) is 11.4. The summed E-state index contributed by atoms with van der Waals surface area (Å²) in [7, 11) is 1.71. The van der Waals surface area contributed by atoms with Crippen LogP contribution in [0.25, 0.3) is 0 Å². The van der Waals surface area contributed by atoms with Crippen molar-refractivity contribution >= 4 is 0 Å². The molecule has 1 aliphatic rings. The molecule has 0 spiro atoms. The molecule has 0 saturated carbocycles. The topological polar surface area (TPSA) is 24.5 Å². The van der Waals surface area contributed by atoms with E-state index in [0.29, 0.717) is 0 Å². The maximum atomic E-state index is 5.22. The van der Waals surface area contributed by atoms with Crippen LogP contribution in [0, 0.1) is 6.92 Å². The van der Waals surface area contributed by atoms with E-state index in [1.54, 1.807) is 7.11 Å². The van der Waals surface area contributed by atoms with Crippen LogP contribution in [-0.2, 0) is 6.54 Å². The Morgan fingerprint density at radius 1 is 1.31 bits per heavy atom. The van der Waals surface area contributed by atoms with E-state index in [1.807, 2.05) is 6.07 Å². The summed E-state index contributed by atoms with van der Waals surface area (Å²) in [4.78, 5) is 2.49. The quantitative estimate of drug-likeness (QED) is 0.833. The standard InChI is InChI=1S/C13H20N2O/c1-11-9-13(16-2)4-3-12(11)10-15-7-5-14-6-8-15/h3-4,9,14H,5-8,10H2,1-2H3. The molecule has 0 bridgehead atoms. The highest BCUT2D eigenvalue weighted by Crippen LogP contribution is 2.18. The fraction of sp³-hybridized carbons (Fsp3) is 0.538. The third kappa shape index (κ3) is 2.74. The van der Waals surface area contributed by atoms with Crippen LogP contribution < -0.4 is 10.1 Å². The molecule has 0 aromatic heterocycles. The Kier molecular flexibility index (Phi) is 3.80. The van der Waals surface area contributed by atoms with Crippen LogP contribution in [0.15, 0.2) is 18.2 Å². The van der Waals surface area contributed by atoms with Crippen molar-refractivity contribution in [2.45, 2.75) is 13.5 Å². The molecule has 0 amide bonds. The number of rotatable bonds is 3. The molecule has 0 atom stereocenters. The molecule has 1 N–H and O–H groups in total. The molecule has 1 fully saturated rings. The maximum absolute atomic E-state index is 5.22. The highest BCUT2D eigenvalue weighted by atomic mass is 16.5. The Morgan fingerprint density at radius 3 is 2.69 bits per heavy atom. The molecule has 16 heavy (non-hydrogen) atoms. The average molecular weight is 220 g/mol. The smallest absolute Gasteiger partial charge is 0.119 e. The second-order valence-electron chi connectivity index (χ2n) is 4.32. The van der Waals surface area contributed by atoms with Crippen LogP contribution in [-0.4, -0.2) is 38.2 Å². The number of methoxy groups -OCH3 is 1. The van der Waals surface area contributed by atoms with Gasteiger partial charge in [0.05, 0.1) is 7.11 Å². The molecule has 1 aromatic carbocycles. The number of piperazine rings is 1. The van der Waals surface area contributed by atoms with Gasteiger partial charge in [0, 0.05) is 32.7 Å². The van der Waals surface area contributed by atoms with Crippen molar-refractivity contribution in [2.75, 3.05) is 33.3 Å². The van der Waals surface area contributed by atoms with Crippen molar-refractivity contribution in [2.24, 2.45) is 0 Å². The lowest BCUT2D eigenvalue weighted by atomic mass is 10.1. The van der Waals surface area contributed by atoms with Crippen molar-refractivity contribution in [1.29, 1.82) is 0 Å². The van der Waals surface area contributed by atoms with Gasteiger partial charge in [0.15, 0.2) is 0 Å². The highest BCUT2D eigenvalue weighted by Gasteiger charge is 2.11. The molecule has 1 aliphatic heterocycles. The van der Waals surface area contributed by atoms with Crippen LogP contribution in [0.5, 0.6) is 5.75 Å². The number of ether oxygens (including phenoxy) is 1. The van der Waals surface area contributed by atoms with E-state index in [9.17, 15) is 0 Å². The molecule has 1 heterocycles. The number of hydrogen-bond donors (Lipinski definition) is 1. The van der Waals surface area contributed by atoms with Crippen LogP contribution in [0.3, 0.4) is 0 Å². The van der Waals surface area contributed by atoms with Gasteiger partial charge < -0.3 is 10.1 Å². The van der Waals surface area contributed by atoms with Crippen molar-refractivity contribution < 1.29 is 4.74 Å². The first-order valence-corrected chi connectivity index (χ1v) is 5.86. The molecule has 0 unspecified atom stereocenters. The largest absolute Gasteiger partial charge is 0.497 e. The summed E-state index contributed by atoms with van der Waals surface area (Å²) in [5.41, 5.74) is 2.72. The van der Waals surface area contributed by atoms with Crippen LogP contribution in [0.2, 0.25) is 0 Å². The maximum Gasteiger partial charge on any atom is 0.119 e. The second kappa shape index (κ2) is 5.32. The van der Waals surface area contributed by atoms with Crippen molar-refractivity contribution in [3.8, 4) is 5.75 Å². The minimum absolute atomic E-state index is 0.946. The number of nitrogens with zero attached hydrogens (tertiary/aromatic N) is 1. The first-order valence-electron chi connectivity index (χ1n) is 5.86. The molecular formula is C13H20N2O. The molecule has 3 nitrogen and oxygen atoms in total. The Bertz CT molecular complexity index is 346. The zero-order valence-corrected chi connectivity index (χ0v) is 10.1. The molecule has 1 aromatic rings. The van der Waals surface area contributed by atoms with E-state index in [4.69, 9.17) is 4.74 Å². The summed E-state index contributed by atoms with van der Waals surface area (Å²) in [5.74, 6) is 0.946. The normalized spacial score (nSPS) is 17.4. The summed E-state index contributed by atoms with van der Waals surface area (Å²) >= 11 is 0. The Balaban J connectivity index is 2.03. The second-order valence-corrected chi connectivity index (χ2v) is 4.32. The molecular weight excluding hydrogens is 200 g/mol. The third-order valence-corrected chi connectivity index (χ3v) is 3.15. The molecule has 0 aliphatic carbocycles. The summed E-state index contributed by atoms with van der Waals surface area (Å²) in [5, 5.41) is 3.37. The number of hydrogen-bond acceptors (Lipinski definition) is 3. The van der Waals surface area contributed by atoms with Gasteiger partial charge in [-0.25, -0.2) is 0 Å². The van der Waals surface area contributed by atoms with Gasteiger partial charge in [-0.15, -0.1) is 0 Å². The number of nitrogens with one attached hydrogen (secondary N) is 1. The SMILES string of the molecule is COc1ccc(CN2CCNCC2)c(C)c1. The van der Waals surface area contributed by atoms with Gasteiger partial charge in [0.1, 0.15) is 5.75 Å². The van der Waals surface area contributed by atoms with E-state index in [-0.39, 0.29) is 0 Å². The van der Waals surface area contributed by atoms with Gasteiger partial charge in [-0.05, 0) is 30.2 Å². The van der Waals surface area contributed by atoms with Crippen LogP contribution >= 0.6 is 0 Å². The molecule has 3 heteroatoms. The van der Waals surface area contributed by atoms with Crippen molar-refractivity contribution in [3.63, 3.8) is 0 Å². The average Bonchev–Trinajstić information content (AvgIpc) is 2.33. The van der Waals surface area contributed by atoms with E-state index in [2.05, 4.69) is 29.3 Å². The van der Waals surface area contributed by atoms with Crippen LogP contribution in [0.4, 0.5) is 0 Å². The van der Waals surface area contributed by atoms with Gasteiger partial charge in [0.2, 0.25) is 0 Å². The summed E-state index contributed by atoms with van der Waals surface area (Å²) in [6, 6.07) is 6.33. The minimum Gasteiger partial charge on any atom is -0.497 e. The van der Waals surface area contributed by atoms with Gasteiger partial charge in [0.25, 0.3) is 0 Å². The first-order chi connectivity index (χ1) is 7.79. The molecule has 0 radical (unpaired) electrons. The van der Waals surface area contributed by atoms with Crippen molar-refractivity contribution in [3.05, 3.63) is 29.3 Å². The fourth-order valence-corrected chi connectivity index (χ4v) is 2.08. The van der Waals surface area contributed by atoms with Gasteiger partial charge in [-0.2, -0.15) is 0 Å². The lowest BCUT2D eigenvalue weighted by Gasteiger charge is -2.27. The van der Waals surface area contributed by atoms with Crippen LogP contribution in [0.1, 0.15) is 11.1 Å². The molecule has 1 saturated heterocycles. The van der Waals surface area contributed by atoms with E-state index < -0.39 is 0 Å². The predicted octanol–water partition coefficient (Wildman–Crippen LogP) is 1.41. The Hall–Kier alpha value is -1.06. The highest BCUT2D eigenvalue weighted by molar-refractivity contribution is 5.34. The monoisotopic (exact) mass is 220 g/mol. The summed E-state index contributed by atoms with van der Waals surface area (Å²) in [6.07, 6.45) is 0. The minimum atomic E-state index is 0.946. The van der Waals surface area contributed by atoms with E-state index in [1.165, 1.54) is 11.1 Å². The number of benzene rings is 1. The summed E-state index contributed by atoms with van der Waals surface area (Å²) < 4.78 is 5.22. The molecule has 88 valence electrons. The van der Waals surface area contributed by atoms with Crippen molar-refractivity contribution in [1.82, 2.24) is 10.2 Å². The Morgan fingerprint density at radius 2 is 2.06 bits per heavy atom. The summed E-state index contributed by atoms with van der Waals surface area (Å²) in [6.45, 7) is 7.71. The van der Waals surface area contributed by atoms with Gasteiger partial charge >= 0.3 is 0 Å². The van der Waals surface area contributed by atoms with E-state index in [0.717, 1.165) is 38.5 Å². The lowest BCUT2D eigenvalue weighted by molar-refractivity contribution is 0.233. The predicted molar refractivity (Wildman–Crippen MR) is 65.9 cm³/mol. The number of aryl methyl sites for hydroxylation is 1. The third-order valence-electron chi connectivity index (χ3n) is 3.15. The lowest BCUT2D eigenvalue weighted by Crippen LogP contribution is -2.42. The van der Waals surface area contributed by atoms with E-state index >= 15 is 0 Å². The first kappa shape index (κ1) is 11.4. The molecule has 2 rings (SSSR count). The van der Waals surface area contributed by atoms with Gasteiger partial charge in [-0.3, -0.25) is 4.90 Å². The zero-order valence-electron chi connectivity index (χ0n) is 10.1. The fourth-order valence-electron chi connectivity index (χ4n) is 2.08. The van der Waals surface area contributed by atoms with Gasteiger partial charge in [-0.1, -0.05) is 6.07 Å².